The molecule has 28 heavy (non-hydrogen) atoms. The molecular formula is C16H29F3N4O4S. The molecular weight excluding hydrogens is 401 g/mol. The number of hydrogen-bond donors (Lipinski definition) is 2. The van der Waals surface area contributed by atoms with Gasteiger partial charge in [0.05, 0.1) is 5.60 Å². The van der Waals surface area contributed by atoms with E-state index in [1.54, 1.807) is 14.2 Å². The molecule has 0 spiro atoms. The van der Waals surface area contributed by atoms with Crippen LogP contribution in [0, 0.1) is 5.92 Å². The van der Waals surface area contributed by atoms with Crippen LogP contribution in [0.1, 0.15) is 25.7 Å². The summed E-state index contributed by atoms with van der Waals surface area (Å²) >= 11 is 0. The number of sulfonamides is 1. The maximum Gasteiger partial charge on any atom is 0.511 e. The highest BCUT2D eigenvalue weighted by Gasteiger charge is 2.50. The van der Waals surface area contributed by atoms with Crippen LogP contribution in [-0.2, 0) is 19.5 Å². The Labute approximate surface area is 163 Å². The van der Waals surface area contributed by atoms with Crippen LogP contribution >= 0.6 is 0 Å². The lowest BCUT2D eigenvalue weighted by Crippen LogP contribution is -2.51. The molecule has 2 aliphatic heterocycles. The summed E-state index contributed by atoms with van der Waals surface area (Å²) in [6.45, 7) is 2.08. The van der Waals surface area contributed by atoms with Gasteiger partial charge in [-0.15, -0.1) is 0 Å². The summed E-state index contributed by atoms with van der Waals surface area (Å²) in [7, 11) is -1.93. The maximum absolute atomic E-state index is 12.6. The summed E-state index contributed by atoms with van der Waals surface area (Å²) in [5.41, 5.74) is -5.56. The van der Waals surface area contributed by atoms with Crippen molar-refractivity contribution in [2.24, 2.45) is 10.9 Å². The highest BCUT2D eigenvalue weighted by Crippen LogP contribution is 2.30. The van der Waals surface area contributed by atoms with Crippen LogP contribution in [0.2, 0.25) is 0 Å². The normalized spacial score (nSPS) is 22.8. The molecule has 2 N–H and O–H groups in total. The second-order valence-electron chi connectivity index (χ2n) is 7.10. The second-order valence-corrected chi connectivity index (χ2v) is 9.03. The van der Waals surface area contributed by atoms with Gasteiger partial charge in [-0.3, -0.25) is 4.99 Å². The van der Waals surface area contributed by atoms with Crippen molar-refractivity contribution in [2.45, 2.75) is 36.8 Å². The highest BCUT2D eigenvalue weighted by atomic mass is 32.2. The van der Waals surface area contributed by atoms with Crippen molar-refractivity contribution in [3.05, 3.63) is 0 Å². The lowest BCUT2D eigenvalue weighted by atomic mass is 9.94. The third-order valence-electron chi connectivity index (χ3n) is 5.40. The van der Waals surface area contributed by atoms with Gasteiger partial charge in [0.15, 0.2) is 5.96 Å². The smallest absolute Gasteiger partial charge is 0.381 e. The summed E-state index contributed by atoms with van der Waals surface area (Å²) in [6, 6.07) is 0. The van der Waals surface area contributed by atoms with E-state index in [1.165, 1.54) is 0 Å². The molecule has 0 atom stereocenters. The second kappa shape index (κ2) is 9.59. The van der Waals surface area contributed by atoms with Gasteiger partial charge in [0.2, 0.25) is 0 Å². The number of piperidine rings is 1. The Kier molecular flexibility index (Phi) is 7.94. The van der Waals surface area contributed by atoms with E-state index in [1.807, 2.05) is 0 Å². The molecule has 0 bridgehead atoms. The van der Waals surface area contributed by atoms with E-state index in [-0.39, 0.29) is 24.6 Å². The van der Waals surface area contributed by atoms with Gasteiger partial charge in [-0.25, -0.2) is 8.42 Å². The number of nitrogens with zero attached hydrogens (tertiary/aromatic N) is 2. The summed E-state index contributed by atoms with van der Waals surface area (Å²) in [5.74, 6) is 0.644. The first-order valence-electron chi connectivity index (χ1n) is 9.27. The predicted molar refractivity (Wildman–Crippen MR) is 98.4 cm³/mol. The minimum Gasteiger partial charge on any atom is -0.381 e. The monoisotopic (exact) mass is 430 g/mol. The van der Waals surface area contributed by atoms with Gasteiger partial charge in [0.25, 0.3) is 0 Å². The van der Waals surface area contributed by atoms with E-state index < -0.39 is 15.5 Å². The Morgan fingerprint density at radius 2 is 1.86 bits per heavy atom. The summed E-state index contributed by atoms with van der Waals surface area (Å²) in [5, 5.41) is 6.39. The number of rotatable bonds is 6. The molecule has 164 valence electrons. The van der Waals surface area contributed by atoms with Crippen LogP contribution < -0.4 is 10.6 Å². The van der Waals surface area contributed by atoms with Crippen molar-refractivity contribution in [2.75, 3.05) is 53.6 Å². The first-order valence-corrected chi connectivity index (χ1v) is 10.7. The van der Waals surface area contributed by atoms with Gasteiger partial charge in [0.1, 0.15) is 0 Å². The Morgan fingerprint density at radius 3 is 2.36 bits per heavy atom. The quantitative estimate of drug-likeness (QED) is 0.481. The number of methoxy groups -OCH3 is 1. The van der Waals surface area contributed by atoms with Crippen molar-refractivity contribution in [3.63, 3.8) is 0 Å². The SMILES string of the molecule is CN=C(NCC1CCN(S(=O)(=O)C(F)(F)F)CC1)NCC1(OC)CCOCC1. The molecule has 2 rings (SSSR count). The van der Waals surface area contributed by atoms with Crippen LogP contribution in [0.4, 0.5) is 13.2 Å². The fraction of sp³-hybridized carbons (Fsp3) is 0.938. The number of ether oxygens (including phenoxy) is 2. The van der Waals surface area contributed by atoms with E-state index in [0.717, 1.165) is 12.8 Å². The number of nitrogens with one attached hydrogen (secondary N) is 2. The fourth-order valence-corrected chi connectivity index (χ4v) is 4.39. The van der Waals surface area contributed by atoms with Gasteiger partial charge in [-0.2, -0.15) is 17.5 Å². The maximum atomic E-state index is 12.6. The molecule has 12 heteroatoms. The minimum absolute atomic E-state index is 0.0673. The lowest BCUT2D eigenvalue weighted by molar-refractivity contribution is -0.0855. The van der Waals surface area contributed by atoms with Crippen LogP contribution in [0.5, 0.6) is 0 Å². The van der Waals surface area contributed by atoms with Crippen molar-refractivity contribution in [1.29, 1.82) is 0 Å². The van der Waals surface area contributed by atoms with Crippen LogP contribution in [-0.4, -0.2) is 83.3 Å². The molecule has 2 saturated heterocycles. The minimum atomic E-state index is -5.24. The topological polar surface area (TPSA) is 92.3 Å². The highest BCUT2D eigenvalue weighted by molar-refractivity contribution is 7.90. The Balaban J connectivity index is 1.77. The average Bonchev–Trinajstić information content (AvgIpc) is 2.68. The molecule has 0 aromatic heterocycles. The Hall–Kier alpha value is -1.11. The van der Waals surface area contributed by atoms with Crippen molar-refractivity contribution >= 4 is 16.0 Å². The van der Waals surface area contributed by atoms with Crippen molar-refractivity contribution < 1.29 is 31.1 Å². The van der Waals surface area contributed by atoms with Gasteiger partial charge < -0.3 is 20.1 Å². The molecule has 0 amide bonds. The van der Waals surface area contributed by atoms with Crippen molar-refractivity contribution in [3.8, 4) is 0 Å². The molecule has 0 aromatic carbocycles. The zero-order chi connectivity index (χ0) is 20.8. The Morgan fingerprint density at radius 1 is 1.25 bits per heavy atom. The van der Waals surface area contributed by atoms with Gasteiger partial charge in [-0.05, 0) is 18.8 Å². The molecule has 2 heterocycles. The fourth-order valence-electron chi connectivity index (χ4n) is 3.40. The lowest BCUT2D eigenvalue weighted by Gasteiger charge is -2.36. The standard InChI is InChI=1S/C16H29F3N4O4S/c1-20-14(22-12-15(26-2)5-9-27-10-6-15)21-11-13-3-7-23(8-4-13)28(24,25)16(17,18)19/h13H,3-12H2,1-2H3,(H2,20,21,22). The number of guanidine groups is 1. The largest absolute Gasteiger partial charge is 0.511 e. The molecule has 0 unspecified atom stereocenters. The van der Waals surface area contributed by atoms with Crippen molar-refractivity contribution in [1.82, 2.24) is 14.9 Å². The third-order valence-corrected chi connectivity index (χ3v) is 7.03. The van der Waals surface area contributed by atoms with Gasteiger partial charge in [0, 0.05) is 66.4 Å². The summed E-state index contributed by atoms with van der Waals surface area (Å²) in [4.78, 5) is 4.16. The van der Waals surface area contributed by atoms with Crippen LogP contribution in [0.15, 0.2) is 4.99 Å². The summed E-state index contributed by atoms with van der Waals surface area (Å²) in [6.07, 6.45) is 2.27. The van der Waals surface area contributed by atoms with Gasteiger partial charge in [-0.1, -0.05) is 0 Å². The number of hydrogen-bond acceptors (Lipinski definition) is 5. The van der Waals surface area contributed by atoms with E-state index in [9.17, 15) is 21.6 Å². The van der Waals surface area contributed by atoms with E-state index >= 15 is 0 Å². The number of aliphatic imine (C=N–C) groups is 1. The number of halogens is 3. The predicted octanol–water partition coefficient (Wildman–Crippen LogP) is 0.909. The van der Waals surface area contributed by atoms with E-state index in [4.69, 9.17) is 9.47 Å². The molecule has 0 saturated carbocycles. The number of alkyl halides is 3. The molecule has 8 nitrogen and oxygen atoms in total. The first-order chi connectivity index (χ1) is 13.1. The molecule has 0 aromatic rings. The average molecular weight is 430 g/mol. The van der Waals surface area contributed by atoms with Gasteiger partial charge >= 0.3 is 15.5 Å². The zero-order valence-electron chi connectivity index (χ0n) is 16.2. The third kappa shape index (κ3) is 5.71. The molecule has 0 radical (unpaired) electrons. The van der Waals surface area contributed by atoms with Crippen LogP contribution in [0.3, 0.4) is 0 Å². The van der Waals surface area contributed by atoms with E-state index in [0.29, 0.717) is 49.4 Å². The van der Waals surface area contributed by atoms with Crippen LogP contribution in [0.25, 0.3) is 0 Å². The molecule has 0 aliphatic carbocycles. The molecule has 2 aliphatic rings. The van der Waals surface area contributed by atoms with E-state index in [2.05, 4.69) is 15.6 Å². The first kappa shape index (κ1) is 23.2. The molecule has 2 fully saturated rings. The zero-order valence-corrected chi connectivity index (χ0v) is 17.0. The summed E-state index contributed by atoms with van der Waals surface area (Å²) < 4.78 is 72.3. The Bertz CT molecular complexity index is 628.